The average molecular weight is 434 g/mol. The van der Waals surface area contributed by atoms with Gasteiger partial charge in [-0.3, -0.25) is 10.1 Å². The molecule has 1 heterocycles. The molecule has 0 aliphatic carbocycles. The van der Waals surface area contributed by atoms with Gasteiger partial charge in [-0.25, -0.2) is 22.1 Å². The summed E-state index contributed by atoms with van der Waals surface area (Å²) in [6.07, 6.45) is 0.378. The summed E-state index contributed by atoms with van der Waals surface area (Å²) >= 11 is 1.26. The van der Waals surface area contributed by atoms with Crippen molar-refractivity contribution >= 4 is 32.4 Å². The quantitative estimate of drug-likeness (QED) is 0.643. The van der Waals surface area contributed by atoms with E-state index in [0.717, 1.165) is 9.18 Å². The summed E-state index contributed by atoms with van der Waals surface area (Å²) in [4.78, 5) is 17.8. The molecule has 0 saturated carbocycles. The van der Waals surface area contributed by atoms with Crippen LogP contribution in [0.15, 0.2) is 53.4 Å². The Morgan fingerprint density at radius 2 is 1.90 bits per heavy atom. The van der Waals surface area contributed by atoms with Crippen LogP contribution in [0.1, 0.15) is 26.5 Å². The summed E-state index contributed by atoms with van der Waals surface area (Å²) in [5, 5.41) is 3.07. The van der Waals surface area contributed by atoms with E-state index in [4.69, 9.17) is 0 Å². The monoisotopic (exact) mass is 433 g/mol. The number of carbonyl (C=O) groups is 1. The van der Waals surface area contributed by atoms with Crippen molar-refractivity contribution in [3.05, 3.63) is 76.0 Å². The number of aromatic nitrogens is 1. The second kappa shape index (κ2) is 8.40. The maximum atomic E-state index is 13.9. The molecule has 1 amide bonds. The highest BCUT2D eigenvalue weighted by Gasteiger charge is 2.19. The van der Waals surface area contributed by atoms with Crippen LogP contribution < -0.4 is 5.32 Å². The molecule has 0 aliphatic heterocycles. The van der Waals surface area contributed by atoms with Gasteiger partial charge < -0.3 is 0 Å². The number of hydrogen-bond donors (Lipinski definition) is 1. The molecule has 152 valence electrons. The molecule has 0 bridgehead atoms. The lowest BCUT2D eigenvalue weighted by Crippen LogP contribution is -2.22. The highest BCUT2D eigenvalue weighted by atomic mass is 32.2. The molecule has 9 heteroatoms. The Hall–Kier alpha value is -2.62. The Bertz CT molecular complexity index is 1160. The SMILES string of the molecule is Cc1nc(NC(=O)c2cccc(S(=O)(=O)N(C)C)c2)sc1Cc1ccccc1F. The average Bonchev–Trinajstić information content (AvgIpc) is 3.02. The molecule has 0 aliphatic rings. The molecular formula is C20H20FN3O3S2. The van der Waals surface area contributed by atoms with Crippen LogP contribution in [0.4, 0.5) is 9.52 Å². The number of sulfonamides is 1. The minimum Gasteiger partial charge on any atom is -0.298 e. The molecule has 0 unspecified atom stereocenters. The Labute approximate surface area is 173 Å². The van der Waals surface area contributed by atoms with E-state index in [0.29, 0.717) is 22.8 Å². The first kappa shape index (κ1) is 21.1. The van der Waals surface area contributed by atoms with Gasteiger partial charge in [0.1, 0.15) is 5.82 Å². The zero-order valence-corrected chi connectivity index (χ0v) is 17.8. The number of anilines is 1. The van der Waals surface area contributed by atoms with Crippen LogP contribution in [0.3, 0.4) is 0 Å². The third-order valence-electron chi connectivity index (χ3n) is 4.30. The predicted molar refractivity (Wildman–Crippen MR) is 111 cm³/mol. The molecule has 1 N–H and O–H groups in total. The first-order valence-electron chi connectivity index (χ1n) is 8.72. The Kier molecular flexibility index (Phi) is 6.11. The second-order valence-electron chi connectivity index (χ2n) is 6.57. The molecule has 6 nitrogen and oxygen atoms in total. The summed E-state index contributed by atoms with van der Waals surface area (Å²) < 4.78 is 39.5. The minimum atomic E-state index is -3.64. The Morgan fingerprint density at radius 3 is 2.59 bits per heavy atom. The van der Waals surface area contributed by atoms with E-state index >= 15 is 0 Å². The third-order valence-corrected chi connectivity index (χ3v) is 7.18. The summed E-state index contributed by atoms with van der Waals surface area (Å²) in [6, 6.07) is 12.3. The van der Waals surface area contributed by atoms with Crippen LogP contribution in [0.25, 0.3) is 0 Å². The van der Waals surface area contributed by atoms with Crippen LogP contribution in [0.5, 0.6) is 0 Å². The van der Waals surface area contributed by atoms with Crippen LogP contribution in [-0.4, -0.2) is 37.7 Å². The van der Waals surface area contributed by atoms with Crippen molar-refractivity contribution in [2.75, 3.05) is 19.4 Å². The lowest BCUT2D eigenvalue weighted by molar-refractivity contribution is 0.102. The van der Waals surface area contributed by atoms with Crippen molar-refractivity contribution in [1.29, 1.82) is 0 Å². The third kappa shape index (κ3) is 4.69. The molecule has 0 fully saturated rings. The number of nitrogens with one attached hydrogen (secondary N) is 1. The fourth-order valence-electron chi connectivity index (χ4n) is 2.64. The maximum Gasteiger partial charge on any atom is 0.257 e. The van der Waals surface area contributed by atoms with Crippen LogP contribution in [0.2, 0.25) is 0 Å². The van der Waals surface area contributed by atoms with Crippen molar-refractivity contribution < 1.29 is 17.6 Å². The number of halogens is 1. The Balaban J connectivity index is 1.79. The van der Waals surface area contributed by atoms with Gasteiger partial charge in [-0.2, -0.15) is 0 Å². The van der Waals surface area contributed by atoms with Crippen LogP contribution in [-0.2, 0) is 16.4 Å². The maximum absolute atomic E-state index is 13.9. The van der Waals surface area contributed by atoms with Gasteiger partial charge in [-0.15, -0.1) is 11.3 Å². The highest BCUT2D eigenvalue weighted by Crippen LogP contribution is 2.26. The smallest absolute Gasteiger partial charge is 0.257 e. The van der Waals surface area contributed by atoms with E-state index in [1.165, 1.54) is 55.8 Å². The summed E-state index contributed by atoms with van der Waals surface area (Å²) in [7, 11) is -0.786. The van der Waals surface area contributed by atoms with Crippen molar-refractivity contribution in [3.63, 3.8) is 0 Å². The van der Waals surface area contributed by atoms with Crippen LogP contribution in [0, 0.1) is 12.7 Å². The molecule has 2 aromatic carbocycles. The first-order valence-corrected chi connectivity index (χ1v) is 11.0. The lowest BCUT2D eigenvalue weighted by atomic mass is 10.1. The zero-order chi connectivity index (χ0) is 21.2. The van der Waals surface area contributed by atoms with Gasteiger partial charge >= 0.3 is 0 Å². The van der Waals surface area contributed by atoms with E-state index in [2.05, 4.69) is 10.3 Å². The highest BCUT2D eigenvalue weighted by molar-refractivity contribution is 7.89. The van der Waals surface area contributed by atoms with E-state index in [1.807, 2.05) is 0 Å². The predicted octanol–water partition coefficient (Wildman–Crippen LogP) is 3.68. The molecule has 3 rings (SSSR count). The van der Waals surface area contributed by atoms with Gasteiger partial charge in [0.05, 0.1) is 10.6 Å². The summed E-state index contributed by atoms with van der Waals surface area (Å²) in [5.74, 6) is -0.753. The van der Waals surface area contributed by atoms with E-state index in [-0.39, 0.29) is 16.3 Å². The minimum absolute atomic E-state index is 0.0331. The van der Waals surface area contributed by atoms with Gasteiger partial charge in [-0.05, 0) is 36.8 Å². The van der Waals surface area contributed by atoms with E-state index < -0.39 is 15.9 Å². The Morgan fingerprint density at radius 1 is 1.17 bits per heavy atom. The van der Waals surface area contributed by atoms with Crippen molar-refractivity contribution in [3.8, 4) is 0 Å². The fourth-order valence-corrected chi connectivity index (χ4v) is 4.57. The molecule has 0 atom stereocenters. The zero-order valence-electron chi connectivity index (χ0n) is 16.1. The largest absolute Gasteiger partial charge is 0.298 e. The number of rotatable bonds is 6. The summed E-state index contributed by atoms with van der Waals surface area (Å²) in [5.41, 5.74) is 1.47. The topological polar surface area (TPSA) is 79.4 Å². The number of benzene rings is 2. The first-order chi connectivity index (χ1) is 13.7. The standard InChI is InChI=1S/C20H20FN3O3S2/c1-13-18(12-14-7-4-5-10-17(14)21)28-20(22-13)23-19(25)15-8-6-9-16(11-15)29(26,27)24(2)3/h4-11H,12H2,1-3H3,(H,22,23,25). The number of nitrogens with zero attached hydrogens (tertiary/aromatic N) is 2. The van der Waals surface area contributed by atoms with Gasteiger partial charge in [0.25, 0.3) is 5.91 Å². The molecule has 1 aromatic heterocycles. The molecule has 29 heavy (non-hydrogen) atoms. The molecule has 0 spiro atoms. The van der Waals surface area contributed by atoms with Crippen LogP contribution >= 0.6 is 11.3 Å². The lowest BCUT2D eigenvalue weighted by Gasteiger charge is -2.12. The van der Waals surface area contributed by atoms with Gasteiger partial charge in [0.15, 0.2) is 5.13 Å². The fraction of sp³-hybridized carbons (Fsp3) is 0.200. The normalized spacial score (nSPS) is 11.6. The molecule has 0 saturated heterocycles. The molecular weight excluding hydrogens is 413 g/mol. The second-order valence-corrected chi connectivity index (χ2v) is 9.80. The number of thiazole rings is 1. The van der Waals surface area contributed by atoms with E-state index in [1.54, 1.807) is 25.1 Å². The van der Waals surface area contributed by atoms with Crippen molar-refractivity contribution in [2.45, 2.75) is 18.2 Å². The number of aryl methyl sites for hydroxylation is 1. The number of carbonyl (C=O) groups excluding carboxylic acids is 1. The van der Waals surface area contributed by atoms with Crippen molar-refractivity contribution in [1.82, 2.24) is 9.29 Å². The van der Waals surface area contributed by atoms with Gasteiger partial charge in [-0.1, -0.05) is 24.3 Å². The van der Waals surface area contributed by atoms with Gasteiger partial charge in [0.2, 0.25) is 10.0 Å². The summed E-state index contributed by atoms with van der Waals surface area (Å²) in [6.45, 7) is 1.80. The van der Waals surface area contributed by atoms with Crippen molar-refractivity contribution in [2.24, 2.45) is 0 Å². The van der Waals surface area contributed by atoms with E-state index in [9.17, 15) is 17.6 Å². The molecule has 0 radical (unpaired) electrons. The molecule has 3 aromatic rings. The number of hydrogen-bond acceptors (Lipinski definition) is 5. The number of amides is 1. The van der Waals surface area contributed by atoms with Gasteiger partial charge in [0, 0.05) is 31.0 Å².